The van der Waals surface area contributed by atoms with E-state index in [0.29, 0.717) is 34.2 Å². The van der Waals surface area contributed by atoms with Crippen LogP contribution in [0.1, 0.15) is 48.0 Å². The quantitative estimate of drug-likeness (QED) is 0.704. The third-order valence-electron chi connectivity index (χ3n) is 4.72. The Morgan fingerprint density at radius 1 is 1.16 bits per heavy atom. The molecule has 2 heterocycles. The molecule has 0 spiro atoms. The van der Waals surface area contributed by atoms with Gasteiger partial charge in [0.1, 0.15) is 11.5 Å². The Morgan fingerprint density at radius 2 is 1.92 bits per heavy atom. The van der Waals surface area contributed by atoms with Gasteiger partial charge in [0.05, 0.1) is 5.56 Å². The van der Waals surface area contributed by atoms with Crippen molar-refractivity contribution in [2.24, 2.45) is 0 Å². The first-order valence-electron chi connectivity index (χ1n) is 8.61. The molecule has 25 heavy (non-hydrogen) atoms. The lowest BCUT2D eigenvalue weighted by atomic mass is 9.96. The molecule has 1 saturated carbocycles. The number of rotatable bonds is 4. The van der Waals surface area contributed by atoms with Crippen LogP contribution in [0.3, 0.4) is 0 Å². The minimum atomic E-state index is -0.364. The first kappa shape index (κ1) is 15.7. The van der Waals surface area contributed by atoms with E-state index in [9.17, 15) is 9.18 Å². The molecule has 1 aromatic carbocycles. The maximum Gasteiger partial charge on any atom is 0.224 e. The van der Waals surface area contributed by atoms with Gasteiger partial charge in [-0.15, -0.1) is 0 Å². The Balaban J connectivity index is 1.59. The van der Waals surface area contributed by atoms with Gasteiger partial charge in [0.2, 0.25) is 5.95 Å². The van der Waals surface area contributed by atoms with Gasteiger partial charge < -0.3 is 10.3 Å². The number of carbonyl (C=O) groups is 1. The minimum absolute atomic E-state index is 0.178. The van der Waals surface area contributed by atoms with Gasteiger partial charge >= 0.3 is 0 Å². The molecule has 2 aromatic heterocycles. The van der Waals surface area contributed by atoms with Crippen molar-refractivity contribution in [3.05, 3.63) is 53.6 Å². The molecular weight excluding hydrogens is 319 g/mol. The number of aromatic amines is 1. The van der Waals surface area contributed by atoms with Crippen LogP contribution in [0.2, 0.25) is 0 Å². The van der Waals surface area contributed by atoms with Crippen LogP contribution >= 0.6 is 0 Å². The fraction of sp³-hybridized carbons (Fsp3) is 0.316. The Morgan fingerprint density at radius 3 is 2.68 bits per heavy atom. The molecule has 0 atom stereocenters. The van der Waals surface area contributed by atoms with Crippen molar-refractivity contribution in [2.75, 3.05) is 5.32 Å². The van der Waals surface area contributed by atoms with E-state index >= 15 is 0 Å². The summed E-state index contributed by atoms with van der Waals surface area (Å²) >= 11 is 0. The Labute approximate surface area is 144 Å². The zero-order chi connectivity index (χ0) is 17.2. The molecule has 4 rings (SSSR count). The number of ketones is 1. The van der Waals surface area contributed by atoms with Crippen LogP contribution in [0.25, 0.3) is 11.0 Å². The lowest BCUT2D eigenvalue weighted by Gasteiger charge is -2.22. The number of fused-ring (bicyclic) bond motifs is 1. The van der Waals surface area contributed by atoms with Crippen molar-refractivity contribution in [1.82, 2.24) is 15.0 Å². The number of anilines is 1. The molecular formula is C19H19FN4O. The molecule has 6 heteroatoms. The van der Waals surface area contributed by atoms with Crippen LogP contribution in [-0.4, -0.2) is 26.8 Å². The predicted octanol–water partition coefficient (Wildman–Crippen LogP) is 4.07. The maximum atomic E-state index is 13.0. The summed E-state index contributed by atoms with van der Waals surface area (Å²) in [7, 11) is 0. The third-order valence-corrected chi connectivity index (χ3v) is 4.72. The van der Waals surface area contributed by atoms with Gasteiger partial charge in [-0.05, 0) is 37.1 Å². The summed E-state index contributed by atoms with van der Waals surface area (Å²) in [5.74, 6) is 0.0436. The number of hydrogen-bond donors (Lipinski definition) is 2. The van der Waals surface area contributed by atoms with E-state index < -0.39 is 0 Å². The van der Waals surface area contributed by atoms with Gasteiger partial charge in [0.15, 0.2) is 5.78 Å². The zero-order valence-electron chi connectivity index (χ0n) is 13.8. The number of halogens is 1. The number of aromatic nitrogens is 3. The molecule has 0 aliphatic heterocycles. The van der Waals surface area contributed by atoms with Gasteiger partial charge in [-0.3, -0.25) is 4.79 Å². The van der Waals surface area contributed by atoms with Crippen LogP contribution < -0.4 is 5.32 Å². The van der Waals surface area contributed by atoms with Gasteiger partial charge in [0, 0.05) is 29.4 Å². The highest BCUT2D eigenvalue weighted by atomic mass is 19.1. The molecule has 0 amide bonds. The number of nitrogens with zero attached hydrogens (tertiary/aromatic N) is 2. The smallest absolute Gasteiger partial charge is 0.224 e. The van der Waals surface area contributed by atoms with E-state index in [1.54, 1.807) is 12.4 Å². The summed E-state index contributed by atoms with van der Waals surface area (Å²) < 4.78 is 13.0. The molecule has 0 radical (unpaired) electrons. The van der Waals surface area contributed by atoms with Gasteiger partial charge in [0.25, 0.3) is 0 Å². The molecule has 0 bridgehead atoms. The number of nitrogens with one attached hydrogen (secondary N) is 2. The first-order chi connectivity index (χ1) is 12.2. The summed E-state index contributed by atoms with van der Waals surface area (Å²) in [4.78, 5) is 24.5. The van der Waals surface area contributed by atoms with Crippen molar-refractivity contribution in [1.29, 1.82) is 0 Å². The molecule has 1 aliphatic rings. The molecule has 1 fully saturated rings. The average Bonchev–Trinajstić information content (AvgIpc) is 3.06. The number of benzene rings is 1. The number of H-pyrrole nitrogens is 1. The monoisotopic (exact) mass is 338 g/mol. The molecule has 0 unspecified atom stereocenters. The normalized spacial score (nSPS) is 15.4. The van der Waals surface area contributed by atoms with E-state index in [1.807, 2.05) is 0 Å². The van der Waals surface area contributed by atoms with E-state index in [2.05, 4.69) is 20.3 Å². The lowest BCUT2D eigenvalue weighted by Crippen LogP contribution is -2.23. The molecule has 0 saturated heterocycles. The average molecular weight is 338 g/mol. The highest BCUT2D eigenvalue weighted by Gasteiger charge is 2.17. The van der Waals surface area contributed by atoms with Gasteiger partial charge in [-0.2, -0.15) is 4.98 Å². The molecule has 5 nitrogen and oxygen atoms in total. The Bertz CT molecular complexity index is 897. The highest BCUT2D eigenvalue weighted by Crippen LogP contribution is 2.23. The van der Waals surface area contributed by atoms with Crippen LogP contribution in [0.5, 0.6) is 0 Å². The van der Waals surface area contributed by atoms with Crippen LogP contribution in [-0.2, 0) is 0 Å². The van der Waals surface area contributed by atoms with Crippen LogP contribution in [0, 0.1) is 5.82 Å². The lowest BCUT2D eigenvalue weighted by molar-refractivity contribution is 0.104. The summed E-state index contributed by atoms with van der Waals surface area (Å²) in [6.07, 6.45) is 9.35. The first-order valence-corrected chi connectivity index (χ1v) is 8.61. The largest absolute Gasteiger partial charge is 0.351 e. The van der Waals surface area contributed by atoms with Crippen LogP contribution in [0.4, 0.5) is 10.3 Å². The van der Waals surface area contributed by atoms with Crippen molar-refractivity contribution in [2.45, 2.75) is 38.1 Å². The minimum Gasteiger partial charge on any atom is -0.351 e. The van der Waals surface area contributed by atoms with E-state index in [4.69, 9.17) is 0 Å². The number of hydrogen-bond acceptors (Lipinski definition) is 4. The van der Waals surface area contributed by atoms with Crippen molar-refractivity contribution in [3.8, 4) is 0 Å². The van der Waals surface area contributed by atoms with Crippen molar-refractivity contribution < 1.29 is 9.18 Å². The molecule has 128 valence electrons. The number of carbonyl (C=O) groups excluding carboxylic acids is 1. The van der Waals surface area contributed by atoms with E-state index in [-0.39, 0.29) is 11.6 Å². The Kier molecular flexibility index (Phi) is 4.17. The van der Waals surface area contributed by atoms with Crippen molar-refractivity contribution >= 4 is 22.8 Å². The molecule has 1 aliphatic carbocycles. The van der Waals surface area contributed by atoms with E-state index in [0.717, 1.165) is 12.8 Å². The SMILES string of the molecule is O=C(c1ccc(F)cc1)c1c[nH]c2nc(NC3CCCCC3)ncc12. The zero-order valence-corrected chi connectivity index (χ0v) is 13.8. The van der Waals surface area contributed by atoms with Gasteiger partial charge in [-0.25, -0.2) is 9.37 Å². The molecule has 2 N–H and O–H groups in total. The third kappa shape index (κ3) is 3.24. The van der Waals surface area contributed by atoms with Crippen molar-refractivity contribution in [3.63, 3.8) is 0 Å². The van der Waals surface area contributed by atoms with E-state index in [1.165, 1.54) is 43.5 Å². The molecule has 3 aromatic rings. The summed E-state index contributed by atoms with van der Waals surface area (Å²) in [6, 6.07) is 5.95. The predicted molar refractivity (Wildman–Crippen MR) is 94.2 cm³/mol. The highest BCUT2D eigenvalue weighted by molar-refractivity contribution is 6.15. The maximum absolute atomic E-state index is 13.0. The van der Waals surface area contributed by atoms with Crippen LogP contribution in [0.15, 0.2) is 36.7 Å². The summed E-state index contributed by atoms with van der Waals surface area (Å²) in [5.41, 5.74) is 1.55. The topological polar surface area (TPSA) is 70.7 Å². The summed E-state index contributed by atoms with van der Waals surface area (Å²) in [5, 5.41) is 4.05. The fourth-order valence-corrected chi connectivity index (χ4v) is 3.35. The second kappa shape index (κ2) is 6.63. The van der Waals surface area contributed by atoms with Gasteiger partial charge in [-0.1, -0.05) is 19.3 Å². The second-order valence-electron chi connectivity index (χ2n) is 6.47. The standard InChI is InChI=1S/C19H19FN4O/c20-13-8-6-12(7-9-13)17(25)15-10-21-18-16(15)11-22-19(24-18)23-14-4-2-1-3-5-14/h6-11,14H,1-5H2,(H2,21,22,23,24). The second-order valence-corrected chi connectivity index (χ2v) is 6.47. The summed E-state index contributed by atoms with van der Waals surface area (Å²) in [6.45, 7) is 0. The Hall–Kier alpha value is -2.76. The fourth-order valence-electron chi connectivity index (χ4n) is 3.35.